The average Bonchev–Trinajstić information content (AvgIpc) is 2.96. The van der Waals surface area contributed by atoms with Gasteiger partial charge in [0.1, 0.15) is 0 Å². The molecule has 0 aliphatic carbocycles. The summed E-state index contributed by atoms with van der Waals surface area (Å²) in [6, 6.07) is 28.1. The van der Waals surface area contributed by atoms with Crippen molar-refractivity contribution >= 4 is 11.9 Å². The summed E-state index contributed by atoms with van der Waals surface area (Å²) in [5, 5.41) is 13.4. The van der Waals surface area contributed by atoms with E-state index in [0.717, 1.165) is 39.9 Å². The van der Waals surface area contributed by atoms with Crippen molar-refractivity contribution in [3.8, 4) is 28.0 Å². The Balaban J connectivity index is 0.000000623. The van der Waals surface area contributed by atoms with E-state index in [1.165, 1.54) is 25.2 Å². The van der Waals surface area contributed by atoms with Crippen molar-refractivity contribution in [1.29, 1.82) is 0 Å². The molecule has 0 heterocycles. The van der Waals surface area contributed by atoms with Gasteiger partial charge in [-0.25, -0.2) is 0 Å². The van der Waals surface area contributed by atoms with Crippen molar-refractivity contribution in [3.63, 3.8) is 0 Å². The van der Waals surface area contributed by atoms with E-state index in [1.807, 2.05) is 66.7 Å². The van der Waals surface area contributed by atoms with Gasteiger partial charge in [0.2, 0.25) is 0 Å². The molecule has 0 saturated heterocycles. The number of aliphatic imine (C=N–C) groups is 1. The molecule has 4 aromatic carbocycles. The molecule has 3 nitrogen and oxygen atoms in total. The first kappa shape index (κ1) is 32.8. The van der Waals surface area contributed by atoms with E-state index in [4.69, 9.17) is 4.99 Å². The molecule has 211 valence electrons. The van der Waals surface area contributed by atoms with Crippen LogP contribution in [0.15, 0.2) is 103 Å². The second kappa shape index (κ2) is 16.6. The molecule has 0 aliphatic heterocycles. The van der Waals surface area contributed by atoms with Crippen molar-refractivity contribution in [3.05, 3.63) is 120 Å². The van der Waals surface area contributed by atoms with Gasteiger partial charge in [-0.2, -0.15) is 0 Å². The van der Waals surface area contributed by atoms with E-state index in [1.54, 1.807) is 6.21 Å². The van der Waals surface area contributed by atoms with Crippen LogP contribution in [0.5, 0.6) is 5.75 Å². The Hall–Kier alpha value is -3.46. The van der Waals surface area contributed by atoms with Crippen molar-refractivity contribution in [1.82, 2.24) is 4.90 Å². The molecule has 0 fully saturated rings. The maximum atomic E-state index is 13.4. The first-order valence-electron chi connectivity index (χ1n) is 13.8. The fraction of sp³-hybridized carbons (Fsp3) is 0.250. The third-order valence-electron chi connectivity index (χ3n) is 6.91. The Morgan fingerprint density at radius 2 is 1.27 bits per heavy atom. The van der Waals surface area contributed by atoms with Crippen LogP contribution in [0.4, 0.5) is 5.69 Å². The molecule has 0 unspecified atom stereocenters. The molecular weight excluding hydrogens is 535 g/mol. The van der Waals surface area contributed by atoms with Gasteiger partial charge in [0.05, 0.1) is 5.69 Å². The SMILES string of the molecule is C=CCc1cc(C)c(N=Cc2cc(-c3ccccc3)cc(-c3ccccc3)c2[O-])c(C)c1.CCN(CC)CC.[Ni+]. The molecule has 0 aromatic heterocycles. The molecule has 0 saturated carbocycles. The standard InChI is InChI=1S/C30H27NO.C6H15N.Ni/c1-4-11-23-16-21(2)29(22(3)17-23)31-20-27-18-26(24-12-7-5-8-13-24)19-28(30(27)32)25-14-9-6-10-15-25;1-4-7(5-2)6-3;/h4-10,12-20,32H,1,11H2,2-3H3;4-6H2,1-3H3;/q;;+1/p-1. The smallest absolute Gasteiger partial charge is 0.872 e. The Kier molecular flexibility index (Phi) is 13.6. The van der Waals surface area contributed by atoms with Crippen molar-refractivity contribution in [2.75, 3.05) is 19.6 Å². The second-order valence-corrected chi connectivity index (χ2v) is 9.62. The topological polar surface area (TPSA) is 38.7 Å². The number of benzene rings is 4. The van der Waals surface area contributed by atoms with Gasteiger partial charge in [-0.1, -0.05) is 105 Å². The van der Waals surface area contributed by atoms with E-state index in [9.17, 15) is 5.11 Å². The number of aryl methyl sites for hydroxylation is 2. The summed E-state index contributed by atoms with van der Waals surface area (Å²) in [6.07, 6.45) is 4.45. The predicted molar refractivity (Wildman–Crippen MR) is 167 cm³/mol. The molecule has 0 atom stereocenters. The summed E-state index contributed by atoms with van der Waals surface area (Å²) in [4.78, 5) is 7.13. The van der Waals surface area contributed by atoms with Gasteiger partial charge in [-0.05, 0) is 96.5 Å². The van der Waals surface area contributed by atoms with Crippen molar-refractivity contribution in [2.45, 2.75) is 41.0 Å². The minimum Gasteiger partial charge on any atom is -0.872 e. The van der Waals surface area contributed by atoms with Crippen molar-refractivity contribution < 1.29 is 21.6 Å². The molecule has 0 spiro atoms. The number of hydrogen-bond acceptors (Lipinski definition) is 3. The van der Waals surface area contributed by atoms with Gasteiger partial charge in [0.15, 0.2) is 0 Å². The predicted octanol–water partition coefficient (Wildman–Crippen LogP) is 8.54. The second-order valence-electron chi connectivity index (χ2n) is 9.62. The van der Waals surface area contributed by atoms with Crippen molar-refractivity contribution in [2.24, 2.45) is 4.99 Å². The summed E-state index contributed by atoms with van der Waals surface area (Å²) >= 11 is 0. The van der Waals surface area contributed by atoms with Crippen LogP contribution >= 0.6 is 0 Å². The van der Waals surface area contributed by atoms with Gasteiger partial charge < -0.3 is 10.0 Å². The molecule has 0 aliphatic rings. The molecule has 0 amide bonds. The van der Waals surface area contributed by atoms with Crippen LogP contribution < -0.4 is 5.11 Å². The number of nitrogens with zero attached hydrogens (tertiary/aromatic N) is 2. The van der Waals surface area contributed by atoms with E-state index >= 15 is 0 Å². The van der Waals surface area contributed by atoms with Crippen LogP contribution in [0.2, 0.25) is 0 Å². The summed E-state index contributed by atoms with van der Waals surface area (Å²) in [6.45, 7) is 18.1. The first-order valence-corrected chi connectivity index (χ1v) is 13.8. The molecule has 4 rings (SSSR count). The van der Waals surface area contributed by atoms with Gasteiger partial charge in [-0.15, -0.1) is 6.58 Å². The molecule has 1 radical (unpaired) electrons. The van der Waals surface area contributed by atoms with E-state index in [2.05, 4.69) is 70.4 Å². The number of rotatable bonds is 9. The van der Waals surface area contributed by atoms with Gasteiger partial charge >= 0.3 is 16.5 Å². The Bertz CT molecular complexity index is 1350. The molecule has 40 heavy (non-hydrogen) atoms. The normalized spacial score (nSPS) is 10.7. The average molecular weight is 576 g/mol. The third kappa shape index (κ3) is 8.78. The summed E-state index contributed by atoms with van der Waals surface area (Å²) in [5.74, 6) is -0.0155. The quantitative estimate of drug-likeness (QED) is 0.114. The summed E-state index contributed by atoms with van der Waals surface area (Å²) < 4.78 is 0. The van der Waals surface area contributed by atoms with Crippen LogP contribution in [0.3, 0.4) is 0 Å². The van der Waals surface area contributed by atoms with Crippen LogP contribution in [-0.4, -0.2) is 30.7 Å². The minimum absolute atomic E-state index is 0. The zero-order valence-electron chi connectivity index (χ0n) is 24.4. The molecule has 4 heteroatoms. The summed E-state index contributed by atoms with van der Waals surface area (Å²) in [7, 11) is 0. The van der Waals surface area contributed by atoms with Gasteiger partial charge in [0, 0.05) is 6.21 Å². The first-order chi connectivity index (χ1) is 18.9. The fourth-order valence-electron chi connectivity index (χ4n) is 4.72. The molecule has 4 aromatic rings. The molecular formula is C36H41N2NiO. The van der Waals surface area contributed by atoms with Crippen LogP contribution in [0, 0.1) is 13.8 Å². The monoisotopic (exact) mass is 575 g/mol. The maximum absolute atomic E-state index is 13.4. The summed E-state index contributed by atoms with van der Waals surface area (Å²) in [5.41, 5.74) is 8.55. The largest absolute Gasteiger partial charge is 1.00 e. The van der Waals surface area contributed by atoms with E-state index < -0.39 is 0 Å². The Labute approximate surface area is 251 Å². The van der Waals surface area contributed by atoms with Crippen LogP contribution in [-0.2, 0) is 22.9 Å². The minimum atomic E-state index is -0.0155. The number of allylic oxidation sites excluding steroid dienone is 1. The molecule has 0 N–H and O–H groups in total. The Morgan fingerprint density at radius 3 is 1.75 bits per heavy atom. The zero-order chi connectivity index (χ0) is 28.2. The Morgan fingerprint density at radius 1 is 0.750 bits per heavy atom. The zero-order valence-corrected chi connectivity index (χ0v) is 25.4. The third-order valence-corrected chi connectivity index (χ3v) is 6.91. The van der Waals surface area contributed by atoms with Crippen LogP contribution in [0.25, 0.3) is 22.3 Å². The molecule has 0 bridgehead atoms. The van der Waals surface area contributed by atoms with Crippen LogP contribution in [0.1, 0.15) is 43.0 Å². The van der Waals surface area contributed by atoms with Gasteiger partial charge in [0.25, 0.3) is 0 Å². The van der Waals surface area contributed by atoms with E-state index in [0.29, 0.717) is 11.1 Å². The maximum Gasteiger partial charge on any atom is 1.00 e. The fourth-order valence-corrected chi connectivity index (χ4v) is 4.72. The number of hydrogen-bond donors (Lipinski definition) is 0. The van der Waals surface area contributed by atoms with Gasteiger partial charge in [-0.3, -0.25) is 4.99 Å². The van der Waals surface area contributed by atoms with E-state index in [-0.39, 0.29) is 22.2 Å².